The number of likely N-dealkylation sites (tertiary alicyclic amines) is 1. The highest BCUT2D eigenvalue weighted by Gasteiger charge is 2.22. The van der Waals surface area contributed by atoms with Crippen molar-refractivity contribution in [3.8, 4) is 17.3 Å². The minimum absolute atomic E-state index is 0.189. The molecule has 4 rings (SSSR count). The van der Waals surface area contributed by atoms with Crippen LogP contribution in [0.5, 0.6) is 5.88 Å². The zero-order valence-electron chi connectivity index (χ0n) is 18.7. The molecule has 0 bridgehead atoms. The summed E-state index contributed by atoms with van der Waals surface area (Å²) in [6.45, 7) is 5.32. The second kappa shape index (κ2) is 10.3. The Bertz CT molecular complexity index is 1080. The van der Waals surface area contributed by atoms with Gasteiger partial charge in [0.2, 0.25) is 5.88 Å². The fourth-order valence-corrected chi connectivity index (χ4v) is 3.83. The first-order valence-corrected chi connectivity index (χ1v) is 11.1. The molecule has 5 N–H and O–H groups in total. The summed E-state index contributed by atoms with van der Waals surface area (Å²) in [5.41, 5.74) is 14.0. The molecule has 0 aromatic carbocycles. The molecule has 0 aliphatic carbocycles. The molecule has 1 saturated heterocycles. The first-order chi connectivity index (χ1) is 16.0. The zero-order valence-corrected chi connectivity index (χ0v) is 18.7. The maximum atomic E-state index is 12.6. The average molecular weight is 452 g/mol. The third-order valence-corrected chi connectivity index (χ3v) is 5.69. The van der Waals surface area contributed by atoms with E-state index in [9.17, 15) is 4.79 Å². The maximum absolute atomic E-state index is 12.6. The molecule has 0 unspecified atom stereocenters. The van der Waals surface area contributed by atoms with E-state index in [0.29, 0.717) is 25.6 Å². The van der Waals surface area contributed by atoms with Gasteiger partial charge in [0, 0.05) is 18.8 Å². The molecule has 0 radical (unpaired) electrons. The second-order valence-electron chi connectivity index (χ2n) is 8.07. The van der Waals surface area contributed by atoms with E-state index in [0.717, 1.165) is 43.1 Å². The lowest BCUT2D eigenvalue weighted by Gasteiger charge is -2.31. The monoisotopic (exact) mass is 451 g/mol. The quantitative estimate of drug-likeness (QED) is 0.470. The van der Waals surface area contributed by atoms with Crippen molar-refractivity contribution in [3.05, 3.63) is 48.0 Å². The van der Waals surface area contributed by atoms with Crippen LogP contribution in [-0.2, 0) is 6.54 Å². The molecule has 4 heterocycles. The lowest BCUT2D eigenvalue weighted by molar-refractivity contribution is 0.0927. The number of ether oxygens (including phenoxy) is 1. The van der Waals surface area contributed by atoms with E-state index in [1.165, 1.54) is 6.07 Å². The number of nitrogens with zero attached hydrogens (tertiary/aromatic N) is 4. The highest BCUT2D eigenvalue weighted by atomic mass is 16.5. The number of anilines is 2. The Balaban J connectivity index is 1.25. The van der Waals surface area contributed by atoms with Crippen molar-refractivity contribution in [1.29, 1.82) is 0 Å². The van der Waals surface area contributed by atoms with Crippen LogP contribution in [0.1, 0.15) is 36.0 Å². The summed E-state index contributed by atoms with van der Waals surface area (Å²) in [7, 11) is 0. The minimum Gasteiger partial charge on any atom is -0.476 e. The SMILES string of the molecule is CCOc1nc(C(=O)NCC2CCN(Cc3cc(-c4ccccn4)no3)CC2)cc(N)c1N. The largest absolute Gasteiger partial charge is 0.476 e. The normalized spacial score (nSPS) is 14.8. The van der Waals surface area contributed by atoms with Crippen LogP contribution in [-0.4, -0.2) is 52.2 Å². The molecular formula is C23H29N7O3. The standard InChI is InChI=1S/C23H29N7O3/c1-2-32-23-21(25)17(24)12-20(28-23)22(31)27-13-15-6-9-30(10-7-15)14-16-11-19(29-33-16)18-5-3-4-8-26-18/h3-5,8,11-12,15H,2,6-7,9-10,13-14,25H2,1H3,(H2,24,28)(H,27,31). The van der Waals surface area contributed by atoms with Gasteiger partial charge in [-0.25, -0.2) is 4.98 Å². The molecule has 1 fully saturated rings. The van der Waals surface area contributed by atoms with Gasteiger partial charge in [0.1, 0.15) is 17.1 Å². The Morgan fingerprint density at radius 1 is 1.24 bits per heavy atom. The Kier molecular flexibility index (Phi) is 7.04. The number of hydrogen-bond acceptors (Lipinski definition) is 9. The summed E-state index contributed by atoms with van der Waals surface area (Å²) in [5.74, 6) is 1.12. The Morgan fingerprint density at radius 3 is 2.79 bits per heavy atom. The number of nitrogens with one attached hydrogen (secondary N) is 1. The van der Waals surface area contributed by atoms with Gasteiger partial charge in [-0.05, 0) is 57.0 Å². The molecule has 1 aliphatic heterocycles. The van der Waals surface area contributed by atoms with Crippen molar-refractivity contribution >= 4 is 17.3 Å². The molecule has 174 valence electrons. The number of carbonyl (C=O) groups is 1. The molecule has 1 amide bonds. The summed E-state index contributed by atoms with van der Waals surface area (Å²) in [5, 5.41) is 7.09. The second-order valence-corrected chi connectivity index (χ2v) is 8.07. The van der Waals surface area contributed by atoms with Crippen LogP contribution in [0.15, 0.2) is 41.1 Å². The molecule has 3 aromatic rings. The van der Waals surface area contributed by atoms with Crippen LogP contribution in [0.25, 0.3) is 11.4 Å². The van der Waals surface area contributed by atoms with E-state index < -0.39 is 0 Å². The van der Waals surface area contributed by atoms with E-state index in [4.69, 9.17) is 20.7 Å². The first-order valence-electron chi connectivity index (χ1n) is 11.1. The van der Waals surface area contributed by atoms with Gasteiger partial charge in [0.25, 0.3) is 5.91 Å². The lowest BCUT2D eigenvalue weighted by atomic mass is 9.96. The lowest BCUT2D eigenvalue weighted by Crippen LogP contribution is -2.38. The Hall–Kier alpha value is -3.66. The van der Waals surface area contributed by atoms with Gasteiger partial charge in [0.15, 0.2) is 5.76 Å². The average Bonchev–Trinajstić information content (AvgIpc) is 3.30. The maximum Gasteiger partial charge on any atom is 0.270 e. The van der Waals surface area contributed by atoms with Crippen LogP contribution >= 0.6 is 0 Å². The van der Waals surface area contributed by atoms with Crippen LogP contribution in [0.3, 0.4) is 0 Å². The molecule has 1 aliphatic rings. The molecule has 10 heteroatoms. The van der Waals surface area contributed by atoms with Gasteiger partial charge < -0.3 is 26.0 Å². The zero-order chi connectivity index (χ0) is 23.2. The molecule has 0 spiro atoms. The fourth-order valence-electron chi connectivity index (χ4n) is 3.83. The van der Waals surface area contributed by atoms with Crippen molar-refractivity contribution in [3.63, 3.8) is 0 Å². The number of nitrogens with two attached hydrogens (primary N) is 2. The van der Waals surface area contributed by atoms with Gasteiger partial charge in [-0.2, -0.15) is 0 Å². The predicted octanol–water partition coefficient (Wildman–Crippen LogP) is 2.34. The van der Waals surface area contributed by atoms with Gasteiger partial charge in [-0.3, -0.25) is 14.7 Å². The van der Waals surface area contributed by atoms with E-state index in [2.05, 4.69) is 25.3 Å². The van der Waals surface area contributed by atoms with Crippen molar-refractivity contribution in [2.45, 2.75) is 26.3 Å². The van der Waals surface area contributed by atoms with E-state index >= 15 is 0 Å². The van der Waals surface area contributed by atoms with Crippen molar-refractivity contribution in [1.82, 2.24) is 25.3 Å². The summed E-state index contributed by atoms with van der Waals surface area (Å²) in [6, 6.07) is 9.13. The number of piperidine rings is 1. The summed E-state index contributed by atoms with van der Waals surface area (Å²) >= 11 is 0. The van der Waals surface area contributed by atoms with Crippen LogP contribution in [0.4, 0.5) is 11.4 Å². The third kappa shape index (κ3) is 5.58. The van der Waals surface area contributed by atoms with E-state index in [-0.39, 0.29) is 28.9 Å². The number of hydrogen-bond donors (Lipinski definition) is 3. The molecule has 0 atom stereocenters. The van der Waals surface area contributed by atoms with Crippen LogP contribution in [0.2, 0.25) is 0 Å². The van der Waals surface area contributed by atoms with Gasteiger partial charge in [-0.1, -0.05) is 11.2 Å². The van der Waals surface area contributed by atoms with Crippen molar-refractivity contribution in [2.24, 2.45) is 5.92 Å². The summed E-state index contributed by atoms with van der Waals surface area (Å²) < 4.78 is 10.9. The Morgan fingerprint density at radius 2 is 2.06 bits per heavy atom. The van der Waals surface area contributed by atoms with Crippen molar-refractivity contribution in [2.75, 3.05) is 37.7 Å². The highest BCUT2D eigenvalue weighted by Crippen LogP contribution is 2.26. The summed E-state index contributed by atoms with van der Waals surface area (Å²) in [4.78, 5) is 23.4. The third-order valence-electron chi connectivity index (χ3n) is 5.69. The molecule has 33 heavy (non-hydrogen) atoms. The Labute approximate surface area is 192 Å². The number of rotatable bonds is 8. The molecule has 3 aromatic heterocycles. The smallest absolute Gasteiger partial charge is 0.270 e. The number of amides is 1. The number of aromatic nitrogens is 3. The highest BCUT2D eigenvalue weighted by molar-refractivity contribution is 5.94. The number of carbonyl (C=O) groups excluding carboxylic acids is 1. The van der Waals surface area contributed by atoms with E-state index in [1.807, 2.05) is 31.2 Å². The van der Waals surface area contributed by atoms with Crippen molar-refractivity contribution < 1.29 is 14.1 Å². The molecule has 10 nitrogen and oxygen atoms in total. The molecule has 0 saturated carbocycles. The summed E-state index contributed by atoms with van der Waals surface area (Å²) in [6.07, 6.45) is 3.69. The van der Waals surface area contributed by atoms with Gasteiger partial charge in [0.05, 0.1) is 24.5 Å². The van der Waals surface area contributed by atoms with Gasteiger partial charge >= 0.3 is 0 Å². The van der Waals surface area contributed by atoms with E-state index in [1.54, 1.807) is 6.20 Å². The minimum atomic E-state index is -0.284. The first kappa shape index (κ1) is 22.5. The van der Waals surface area contributed by atoms with Crippen LogP contribution in [0, 0.1) is 5.92 Å². The number of pyridine rings is 2. The topological polar surface area (TPSA) is 145 Å². The predicted molar refractivity (Wildman–Crippen MR) is 124 cm³/mol. The van der Waals surface area contributed by atoms with Crippen LogP contribution < -0.4 is 21.5 Å². The fraction of sp³-hybridized carbons (Fsp3) is 0.391. The number of nitrogen functional groups attached to an aromatic ring is 2. The molecular weight excluding hydrogens is 422 g/mol. The van der Waals surface area contributed by atoms with Gasteiger partial charge in [-0.15, -0.1) is 0 Å².